The molecule has 0 bridgehead atoms. The monoisotopic (exact) mass is 236 g/mol. The molecule has 0 fully saturated rings. The lowest BCUT2D eigenvalue weighted by molar-refractivity contribution is -0.139. The van der Waals surface area contributed by atoms with Crippen molar-refractivity contribution in [1.29, 1.82) is 0 Å². The Bertz CT molecular complexity index is 339. The zero-order valence-electron chi connectivity index (χ0n) is 6.81. The Hall–Kier alpha value is -0.910. The van der Waals surface area contributed by atoms with Crippen LogP contribution in [0.1, 0.15) is 18.1 Å². The lowest BCUT2D eigenvalue weighted by atomic mass is 10.1. The summed E-state index contributed by atoms with van der Waals surface area (Å²) in [6.45, 7) is 0. The second kappa shape index (κ2) is 4.54. The van der Waals surface area contributed by atoms with E-state index in [1.54, 1.807) is 0 Å². The number of halogens is 2. The summed E-state index contributed by atoms with van der Waals surface area (Å²) in [6, 6.07) is 0. The Morgan fingerprint density at radius 1 is 1.43 bits per heavy atom. The molecule has 0 spiro atoms. The topological polar surface area (TPSA) is 83.3 Å². The van der Waals surface area contributed by atoms with E-state index in [9.17, 15) is 9.90 Å². The molecule has 0 aromatic carbocycles. The maximum absolute atomic E-state index is 10.3. The van der Waals surface area contributed by atoms with E-state index < -0.39 is 18.5 Å². The molecule has 0 aliphatic heterocycles. The summed E-state index contributed by atoms with van der Waals surface area (Å²) >= 11 is 11.2. The van der Waals surface area contributed by atoms with Gasteiger partial charge >= 0.3 is 5.97 Å². The number of carbonyl (C=O) groups is 1. The fourth-order valence-electron chi connectivity index (χ4n) is 0.897. The van der Waals surface area contributed by atoms with E-state index in [1.165, 1.54) is 0 Å². The van der Waals surface area contributed by atoms with Gasteiger partial charge in [-0.15, -0.1) is 0 Å². The molecule has 76 valence electrons. The van der Waals surface area contributed by atoms with E-state index in [0.29, 0.717) is 0 Å². The Kier molecular flexibility index (Phi) is 3.62. The molecule has 0 saturated heterocycles. The van der Waals surface area contributed by atoms with Crippen LogP contribution in [0.25, 0.3) is 0 Å². The van der Waals surface area contributed by atoms with Crippen molar-refractivity contribution in [2.24, 2.45) is 0 Å². The summed E-state index contributed by atoms with van der Waals surface area (Å²) in [6.07, 6.45) is -0.664. The largest absolute Gasteiger partial charge is 0.481 e. The maximum Gasteiger partial charge on any atom is 0.306 e. The van der Waals surface area contributed by atoms with Gasteiger partial charge in [-0.1, -0.05) is 23.2 Å². The van der Waals surface area contributed by atoms with Gasteiger partial charge in [0.1, 0.15) is 16.6 Å². The van der Waals surface area contributed by atoms with Gasteiger partial charge in [0.05, 0.1) is 18.1 Å². The first kappa shape index (κ1) is 11.2. The molecule has 1 aromatic rings. The van der Waals surface area contributed by atoms with Gasteiger partial charge in [-0.05, 0) is 0 Å². The average molecular weight is 237 g/mol. The average Bonchev–Trinajstić information content (AvgIpc) is 2.01. The highest BCUT2D eigenvalue weighted by Crippen LogP contribution is 2.28. The molecular formula is C7H6Cl2N2O3. The van der Waals surface area contributed by atoms with Crippen molar-refractivity contribution in [2.75, 3.05) is 0 Å². The Balaban J connectivity index is 2.99. The van der Waals surface area contributed by atoms with E-state index >= 15 is 0 Å². The standard InChI is InChI=1S/C7H6Cl2N2O3/c8-6-5(3(12)1-4(13)14)7(9)11-2-10-6/h2-3,12H,1H2,(H,13,14)/t3-/m1/s1. The van der Waals surface area contributed by atoms with Crippen LogP contribution < -0.4 is 0 Å². The molecule has 0 unspecified atom stereocenters. The molecule has 0 radical (unpaired) electrons. The SMILES string of the molecule is O=C(O)C[C@@H](O)c1c(Cl)ncnc1Cl. The zero-order valence-corrected chi connectivity index (χ0v) is 8.33. The first-order valence-corrected chi connectivity index (χ1v) is 4.33. The highest BCUT2D eigenvalue weighted by Gasteiger charge is 2.19. The molecule has 2 N–H and O–H groups in total. The van der Waals surface area contributed by atoms with Gasteiger partial charge in [-0.2, -0.15) is 0 Å². The number of carboxylic acids is 1. The number of aromatic nitrogens is 2. The third kappa shape index (κ3) is 2.54. The second-order valence-corrected chi connectivity index (χ2v) is 3.20. The molecule has 1 atom stereocenters. The van der Waals surface area contributed by atoms with Crippen molar-refractivity contribution in [3.63, 3.8) is 0 Å². The molecule has 5 nitrogen and oxygen atoms in total. The van der Waals surface area contributed by atoms with Crippen LogP contribution in [0.2, 0.25) is 10.3 Å². The molecular weight excluding hydrogens is 231 g/mol. The van der Waals surface area contributed by atoms with E-state index in [-0.39, 0.29) is 15.9 Å². The van der Waals surface area contributed by atoms with Crippen molar-refractivity contribution in [2.45, 2.75) is 12.5 Å². The smallest absolute Gasteiger partial charge is 0.306 e. The van der Waals surface area contributed by atoms with Crippen LogP contribution in [0.5, 0.6) is 0 Å². The summed E-state index contributed by atoms with van der Waals surface area (Å²) in [5.74, 6) is -1.16. The van der Waals surface area contributed by atoms with E-state index in [1.807, 2.05) is 0 Å². The quantitative estimate of drug-likeness (QED) is 0.774. The van der Waals surface area contributed by atoms with Gasteiger partial charge in [0.25, 0.3) is 0 Å². The Morgan fingerprint density at radius 2 is 1.93 bits per heavy atom. The van der Waals surface area contributed by atoms with Crippen molar-refractivity contribution in [3.05, 3.63) is 22.2 Å². The van der Waals surface area contributed by atoms with Gasteiger partial charge in [0.15, 0.2) is 0 Å². The summed E-state index contributed by atoms with van der Waals surface area (Å²) in [4.78, 5) is 17.5. The van der Waals surface area contributed by atoms with Gasteiger partial charge < -0.3 is 10.2 Å². The van der Waals surface area contributed by atoms with Crippen molar-refractivity contribution >= 4 is 29.2 Å². The third-order valence-corrected chi connectivity index (χ3v) is 2.09. The first-order valence-electron chi connectivity index (χ1n) is 3.58. The zero-order chi connectivity index (χ0) is 10.7. The van der Waals surface area contributed by atoms with E-state index in [2.05, 4.69) is 9.97 Å². The number of nitrogens with zero attached hydrogens (tertiary/aromatic N) is 2. The Morgan fingerprint density at radius 3 is 2.36 bits per heavy atom. The van der Waals surface area contributed by atoms with Crippen LogP contribution in [0.4, 0.5) is 0 Å². The minimum absolute atomic E-state index is 0.0400. The number of aliphatic hydroxyl groups is 1. The van der Waals surface area contributed by atoms with Crippen LogP contribution in [-0.4, -0.2) is 26.2 Å². The predicted octanol–water partition coefficient (Wildman–Crippen LogP) is 1.29. The molecule has 0 aliphatic rings. The number of aliphatic carboxylic acids is 1. The molecule has 0 saturated carbocycles. The number of hydrogen-bond donors (Lipinski definition) is 2. The number of aliphatic hydroxyl groups excluding tert-OH is 1. The van der Waals surface area contributed by atoms with Crippen LogP contribution in [0.3, 0.4) is 0 Å². The predicted molar refractivity (Wildman–Crippen MR) is 49.3 cm³/mol. The number of hydrogen-bond acceptors (Lipinski definition) is 4. The molecule has 1 heterocycles. The summed E-state index contributed by atoms with van der Waals surface area (Å²) in [5, 5.41) is 17.8. The molecule has 1 rings (SSSR count). The van der Waals surface area contributed by atoms with Crippen LogP contribution in [-0.2, 0) is 4.79 Å². The maximum atomic E-state index is 10.3. The molecule has 0 amide bonds. The molecule has 7 heteroatoms. The van der Waals surface area contributed by atoms with Gasteiger partial charge in [0, 0.05) is 0 Å². The van der Waals surface area contributed by atoms with Gasteiger partial charge in [-0.25, -0.2) is 9.97 Å². The first-order chi connectivity index (χ1) is 6.52. The summed E-state index contributed by atoms with van der Waals surface area (Å²) in [5.41, 5.74) is 0.0400. The number of carboxylic acid groups (broad SMARTS) is 1. The van der Waals surface area contributed by atoms with Crippen LogP contribution in [0, 0.1) is 0 Å². The molecule has 0 aliphatic carbocycles. The Labute approximate surface area is 89.3 Å². The lowest BCUT2D eigenvalue weighted by Gasteiger charge is -2.09. The highest BCUT2D eigenvalue weighted by molar-refractivity contribution is 6.34. The second-order valence-electron chi connectivity index (χ2n) is 2.48. The number of rotatable bonds is 3. The minimum atomic E-state index is -1.30. The normalized spacial score (nSPS) is 12.5. The fraction of sp³-hybridized carbons (Fsp3) is 0.286. The van der Waals surface area contributed by atoms with Gasteiger partial charge in [0.2, 0.25) is 0 Å². The molecule has 1 aromatic heterocycles. The molecule has 14 heavy (non-hydrogen) atoms. The van der Waals surface area contributed by atoms with E-state index in [0.717, 1.165) is 6.33 Å². The van der Waals surface area contributed by atoms with Crippen molar-refractivity contribution in [3.8, 4) is 0 Å². The van der Waals surface area contributed by atoms with Crippen molar-refractivity contribution < 1.29 is 15.0 Å². The van der Waals surface area contributed by atoms with Crippen LogP contribution >= 0.6 is 23.2 Å². The van der Waals surface area contributed by atoms with Crippen molar-refractivity contribution in [1.82, 2.24) is 9.97 Å². The fourth-order valence-corrected chi connectivity index (χ4v) is 1.46. The lowest BCUT2D eigenvalue weighted by Crippen LogP contribution is -2.07. The van der Waals surface area contributed by atoms with Crippen LogP contribution in [0.15, 0.2) is 6.33 Å². The summed E-state index contributed by atoms with van der Waals surface area (Å²) < 4.78 is 0. The van der Waals surface area contributed by atoms with E-state index in [4.69, 9.17) is 28.3 Å². The third-order valence-electron chi connectivity index (χ3n) is 1.49. The summed E-state index contributed by atoms with van der Waals surface area (Å²) in [7, 11) is 0. The highest BCUT2D eigenvalue weighted by atomic mass is 35.5. The minimum Gasteiger partial charge on any atom is -0.481 e. The van der Waals surface area contributed by atoms with Gasteiger partial charge in [-0.3, -0.25) is 4.79 Å².